The van der Waals surface area contributed by atoms with Gasteiger partial charge in [-0.15, -0.1) is 11.3 Å². The van der Waals surface area contributed by atoms with Crippen LogP contribution in [0.3, 0.4) is 0 Å². The van der Waals surface area contributed by atoms with E-state index in [1.807, 2.05) is 36.4 Å². The lowest BCUT2D eigenvalue weighted by molar-refractivity contribution is -0.114. The third kappa shape index (κ3) is 3.00. The van der Waals surface area contributed by atoms with Crippen molar-refractivity contribution >= 4 is 33.0 Å². The molecule has 4 aromatic rings. The van der Waals surface area contributed by atoms with E-state index in [-0.39, 0.29) is 11.7 Å². The van der Waals surface area contributed by atoms with Gasteiger partial charge in [0.25, 0.3) is 0 Å². The predicted octanol–water partition coefficient (Wildman–Crippen LogP) is 6.33. The molecule has 26 heavy (non-hydrogen) atoms. The highest BCUT2D eigenvalue weighted by atomic mass is 32.1. The van der Waals surface area contributed by atoms with Gasteiger partial charge in [-0.25, -0.2) is 4.39 Å². The van der Waals surface area contributed by atoms with Crippen molar-refractivity contribution < 1.29 is 9.18 Å². The zero-order chi connectivity index (χ0) is 18.1. The SMILES string of the molecule is CC(=O)Nc1ccccc1-c1c(-c2ccc(F)cc2)sc2ccccc12. The van der Waals surface area contributed by atoms with Crippen LogP contribution in [0, 0.1) is 5.82 Å². The van der Waals surface area contributed by atoms with Crippen LogP contribution in [-0.2, 0) is 4.79 Å². The van der Waals surface area contributed by atoms with E-state index >= 15 is 0 Å². The van der Waals surface area contributed by atoms with E-state index in [2.05, 4.69) is 17.4 Å². The van der Waals surface area contributed by atoms with Crippen molar-refractivity contribution in [3.8, 4) is 21.6 Å². The van der Waals surface area contributed by atoms with Gasteiger partial charge in [0.15, 0.2) is 0 Å². The topological polar surface area (TPSA) is 29.1 Å². The average molecular weight is 361 g/mol. The Morgan fingerprint density at radius 1 is 0.923 bits per heavy atom. The average Bonchev–Trinajstić information content (AvgIpc) is 3.02. The molecule has 0 saturated heterocycles. The Kier molecular flexibility index (Phi) is 4.27. The molecule has 0 atom stereocenters. The Hall–Kier alpha value is -2.98. The number of carbonyl (C=O) groups excluding carboxylic acids is 1. The van der Waals surface area contributed by atoms with Crippen molar-refractivity contribution in [1.29, 1.82) is 0 Å². The summed E-state index contributed by atoms with van der Waals surface area (Å²) in [6.45, 7) is 1.50. The smallest absolute Gasteiger partial charge is 0.221 e. The van der Waals surface area contributed by atoms with Crippen molar-refractivity contribution in [1.82, 2.24) is 0 Å². The van der Waals surface area contributed by atoms with E-state index in [0.29, 0.717) is 0 Å². The van der Waals surface area contributed by atoms with E-state index in [1.165, 1.54) is 19.1 Å². The molecule has 1 heterocycles. The molecule has 4 rings (SSSR count). The van der Waals surface area contributed by atoms with Crippen LogP contribution < -0.4 is 5.32 Å². The number of amides is 1. The molecule has 2 nitrogen and oxygen atoms in total. The van der Waals surface area contributed by atoms with Crippen molar-refractivity contribution in [2.75, 3.05) is 5.32 Å². The van der Waals surface area contributed by atoms with Gasteiger partial charge in [0.05, 0.1) is 0 Å². The van der Waals surface area contributed by atoms with E-state index < -0.39 is 0 Å². The molecule has 128 valence electrons. The zero-order valence-corrected chi connectivity index (χ0v) is 14.9. The number of halogens is 1. The van der Waals surface area contributed by atoms with Crippen LogP contribution in [0.1, 0.15) is 6.92 Å². The first-order valence-corrected chi connectivity index (χ1v) is 9.09. The number of thiophene rings is 1. The van der Waals surface area contributed by atoms with Crippen LogP contribution in [0.4, 0.5) is 10.1 Å². The van der Waals surface area contributed by atoms with Gasteiger partial charge in [-0.1, -0.05) is 48.5 Å². The molecule has 1 amide bonds. The monoisotopic (exact) mass is 361 g/mol. The molecule has 1 aromatic heterocycles. The number of hydrogen-bond acceptors (Lipinski definition) is 2. The van der Waals surface area contributed by atoms with Gasteiger partial charge in [-0.05, 0) is 29.8 Å². The summed E-state index contributed by atoms with van der Waals surface area (Å²) in [6, 6.07) is 22.5. The van der Waals surface area contributed by atoms with Crippen LogP contribution >= 0.6 is 11.3 Å². The van der Waals surface area contributed by atoms with Gasteiger partial charge < -0.3 is 5.32 Å². The van der Waals surface area contributed by atoms with Crippen LogP contribution in [0.15, 0.2) is 72.8 Å². The zero-order valence-electron chi connectivity index (χ0n) is 14.1. The summed E-state index contributed by atoms with van der Waals surface area (Å²) in [5.41, 5.74) is 3.74. The first-order valence-electron chi connectivity index (χ1n) is 8.28. The number of rotatable bonds is 3. The number of carbonyl (C=O) groups is 1. The minimum absolute atomic E-state index is 0.111. The summed E-state index contributed by atoms with van der Waals surface area (Å²) in [5, 5.41) is 4.04. The Balaban J connectivity index is 2.02. The first kappa shape index (κ1) is 16.5. The van der Waals surface area contributed by atoms with Gasteiger partial charge in [-0.2, -0.15) is 0 Å². The second-order valence-electron chi connectivity index (χ2n) is 6.04. The van der Waals surface area contributed by atoms with E-state index in [0.717, 1.165) is 37.3 Å². The summed E-state index contributed by atoms with van der Waals surface area (Å²) in [5.74, 6) is -0.365. The molecular weight excluding hydrogens is 345 g/mol. The third-order valence-corrected chi connectivity index (χ3v) is 5.43. The second kappa shape index (κ2) is 6.73. The van der Waals surface area contributed by atoms with Crippen molar-refractivity contribution in [2.45, 2.75) is 6.92 Å². The van der Waals surface area contributed by atoms with E-state index in [4.69, 9.17) is 0 Å². The second-order valence-corrected chi connectivity index (χ2v) is 7.09. The maximum Gasteiger partial charge on any atom is 0.221 e. The maximum absolute atomic E-state index is 13.4. The summed E-state index contributed by atoms with van der Waals surface area (Å²) in [7, 11) is 0. The van der Waals surface area contributed by atoms with E-state index in [1.54, 1.807) is 23.5 Å². The molecule has 0 unspecified atom stereocenters. The molecule has 0 spiro atoms. The fourth-order valence-electron chi connectivity index (χ4n) is 3.12. The standard InChI is InChI=1S/C22H16FNOS/c1-14(25)24-19-8-4-2-6-17(19)21-18-7-3-5-9-20(18)26-22(21)15-10-12-16(23)13-11-15/h2-13H,1H3,(H,24,25). The summed E-state index contributed by atoms with van der Waals surface area (Å²) < 4.78 is 14.5. The number of nitrogens with one attached hydrogen (secondary N) is 1. The molecule has 4 heteroatoms. The number of para-hydroxylation sites is 1. The fraction of sp³-hybridized carbons (Fsp3) is 0.0455. The normalized spacial score (nSPS) is 10.8. The number of benzene rings is 3. The quantitative estimate of drug-likeness (QED) is 0.454. The highest BCUT2D eigenvalue weighted by molar-refractivity contribution is 7.23. The van der Waals surface area contributed by atoms with E-state index in [9.17, 15) is 9.18 Å². The Morgan fingerprint density at radius 3 is 2.38 bits per heavy atom. The van der Waals surface area contributed by atoms with Crippen LogP contribution in [0.2, 0.25) is 0 Å². The van der Waals surface area contributed by atoms with Gasteiger partial charge in [0.1, 0.15) is 5.82 Å². The van der Waals surface area contributed by atoms with Crippen LogP contribution in [-0.4, -0.2) is 5.91 Å². The largest absolute Gasteiger partial charge is 0.326 e. The molecule has 0 saturated carbocycles. The molecule has 1 N–H and O–H groups in total. The first-order chi connectivity index (χ1) is 12.6. The minimum atomic E-state index is -0.255. The predicted molar refractivity (Wildman–Crippen MR) is 107 cm³/mol. The molecule has 0 aliphatic carbocycles. The minimum Gasteiger partial charge on any atom is -0.326 e. The Morgan fingerprint density at radius 2 is 1.62 bits per heavy atom. The van der Waals surface area contributed by atoms with Gasteiger partial charge in [0, 0.05) is 38.7 Å². The van der Waals surface area contributed by atoms with Gasteiger partial charge >= 0.3 is 0 Å². The number of fused-ring (bicyclic) bond motifs is 1. The molecule has 0 aliphatic rings. The fourth-order valence-corrected chi connectivity index (χ4v) is 4.34. The Labute approximate surface area is 154 Å². The molecule has 3 aromatic carbocycles. The van der Waals surface area contributed by atoms with Gasteiger partial charge in [0.2, 0.25) is 5.91 Å². The molecule has 0 radical (unpaired) electrons. The van der Waals surface area contributed by atoms with Crippen molar-refractivity contribution in [3.63, 3.8) is 0 Å². The van der Waals surface area contributed by atoms with Crippen LogP contribution in [0.25, 0.3) is 31.7 Å². The third-order valence-electron chi connectivity index (χ3n) is 4.21. The number of hydrogen-bond donors (Lipinski definition) is 1. The Bertz CT molecular complexity index is 1100. The molecule has 0 bridgehead atoms. The van der Waals surface area contributed by atoms with Gasteiger partial charge in [-0.3, -0.25) is 4.79 Å². The highest BCUT2D eigenvalue weighted by Gasteiger charge is 2.18. The molecule has 0 fully saturated rings. The lowest BCUT2D eigenvalue weighted by Gasteiger charge is -2.12. The maximum atomic E-state index is 13.4. The van der Waals surface area contributed by atoms with Crippen LogP contribution in [0.5, 0.6) is 0 Å². The summed E-state index contributed by atoms with van der Waals surface area (Å²) >= 11 is 1.67. The summed E-state index contributed by atoms with van der Waals surface area (Å²) in [6.07, 6.45) is 0. The summed E-state index contributed by atoms with van der Waals surface area (Å²) in [4.78, 5) is 12.7. The molecular formula is C22H16FNOS. The molecule has 0 aliphatic heterocycles. The lowest BCUT2D eigenvalue weighted by Crippen LogP contribution is -2.06. The lowest BCUT2D eigenvalue weighted by atomic mass is 9.97. The number of anilines is 1. The highest BCUT2D eigenvalue weighted by Crippen LogP contribution is 2.46. The van der Waals surface area contributed by atoms with Crippen molar-refractivity contribution in [2.24, 2.45) is 0 Å². The van der Waals surface area contributed by atoms with Crippen molar-refractivity contribution in [3.05, 3.63) is 78.6 Å².